The fourth-order valence-corrected chi connectivity index (χ4v) is 2.73. The average Bonchev–Trinajstić information content (AvgIpc) is 3.04. The van der Waals surface area contributed by atoms with Gasteiger partial charge in [-0.15, -0.1) is 10.2 Å². The van der Waals surface area contributed by atoms with Crippen molar-refractivity contribution in [2.75, 3.05) is 5.32 Å². The molecule has 2 heterocycles. The molecule has 0 radical (unpaired) electrons. The Hall–Kier alpha value is -2.13. The van der Waals surface area contributed by atoms with Gasteiger partial charge in [-0.2, -0.15) is 13.2 Å². The van der Waals surface area contributed by atoms with Crippen LogP contribution in [0.3, 0.4) is 0 Å². The first-order chi connectivity index (χ1) is 10.8. The summed E-state index contributed by atoms with van der Waals surface area (Å²) in [5.74, 6) is -0.731. The van der Waals surface area contributed by atoms with Crippen LogP contribution in [0, 0.1) is 6.92 Å². The number of alkyl halides is 3. The number of nitrogens with zero attached hydrogens (tertiary/aromatic N) is 2. The minimum atomic E-state index is -4.60. The normalized spacial score (nSPS) is 11.9. The van der Waals surface area contributed by atoms with E-state index in [0.717, 1.165) is 0 Å². The van der Waals surface area contributed by atoms with Gasteiger partial charge < -0.3 is 4.42 Å². The summed E-state index contributed by atoms with van der Waals surface area (Å²) in [6.45, 7) is 1.65. The molecule has 10 heteroatoms. The summed E-state index contributed by atoms with van der Waals surface area (Å²) in [5, 5.41) is 8.26. The molecule has 0 saturated carbocycles. The number of furan rings is 1. The van der Waals surface area contributed by atoms with Gasteiger partial charge in [0.05, 0.1) is 0 Å². The second kappa shape index (κ2) is 5.50. The third-order valence-electron chi connectivity index (χ3n) is 2.99. The molecule has 5 nitrogen and oxygen atoms in total. The van der Waals surface area contributed by atoms with Crippen LogP contribution in [0.2, 0.25) is 5.02 Å². The van der Waals surface area contributed by atoms with Gasteiger partial charge in [0.15, 0.2) is 5.76 Å². The molecule has 1 aromatic carbocycles. The van der Waals surface area contributed by atoms with E-state index in [1.165, 1.54) is 0 Å². The summed E-state index contributed by atoms with van der Waals surface area (Å²) in [5.41, 5.74) is 0.978. The Morgan fingerprint density at radius 2 is 2.09 bits per heavy atom. The molecule has 2 aromatic heterocycles. The minimum Gasteiger partial charge on any atom is -0.451 e. The number of anilines is 1. The maximum atomic E-state index is 12.5. The van der Waals surface area contributed by atoms with Crippen LogP contribution in [0.25, 0.3) is 11.0 Å². The molecule has 3 aromatic rings. The van der Waals surface area contributed by atoms with E-state index < -0.39 is 17.1 Å². The highest BCUT2D eigenvalue weighted by Gasteiger charge is 2.36. The topological polar surface area (TPSA) is 68.0 Å². The van der Waals surface area contributed by atoms with Crippen molar-refractivity contribution in [3.05, 3.63) is 39.6 Å². The van der Waals surface area contributed by atoms with Gasteiger partial charge in [-0.3, -0.25) is 10.1 Å². The van der Waals surface area contributed by atoms with Gasteiger partial charge in [0.2, 0.25) is 10.1 Å². The molecule has 0 saturated heterocycles. The molecule has 3 rings (SSSR count). The number of aromatic nitrogens is 2. The molecule has 120 valence electrons. The number of aryl methyl sites for hydroxylation is 1. The SMILES string of the molecule is Cc1c(C(=O)Nc2nnc(C(F)(F)F)s2)oc2ccc(Cl)cc12. The number of hydrogen-bond donors (Lipinski definition) is 1. The van der Waals surface area contributed by atoms with Crippen molar-refractivity contribution in [2.45, 2.75) is 13.1 Å². The highest BCUT2D eigenvalue weighted by molar-refractivity contribution is 7.15. The van der Waals surface area contributed by atoms with Crippen molar-refractivity contribution in [1.82, 2.24) is 10.2 Å². The highest BCUT2D eigenvalue weighted by atomic mass is 35.5. The van der Waals surface area contributed by atoms with Crippen LogP contribution in [0.4, 0.5) is 18.3 Å². The number of carbonyl (C=O) groups is 1. The number of amides is 1. The number of halogens is 4. The molecule has 23 heavy (non-hydrogen) atoms. The van der Waals surface area contributed by atoms with E-state index in [-0.39, 0.29) is 22.2 Å². The summed E-state index contributed by atoms with van der Waals surface area (Å²) in [6.07, 6.45) is -4.60. The van der Waals surface area contributed by atoms with E-state index in [1.54, 1.807) is 25.1 Å². The molecule has 0 bridgehead atoms. The lowest BCUT2D eigenvalue weighted by Gasteiger charge is -1.99. The van der Waals surface area contributed by atoms with E-state index in [2.05, 4.69) is 15.5 Å². The number of carbonyl (C=O) groups excluding carboxylic acids is 1. The zero-order chi connectivity index (χ0) is 16.8. The summed E-state index contributed by atoms with van der Waals surface area (Å²) in [7, 11) is 0. The summed E-state index contributed by atoms with van der Waals surface area (Å²) in [4.78, 5) is 12.2. The molecule has 0 atom stereocenters. The fraction of sp³-hybridized carbons (Fsp3) is 0.154. The molecule has 0 aliphatic rings. The lowest BCUT2D eigenvalue weighted by atomic mass is 10.1. The first kappa shape index (κ1) is 15.8. The third-order valence-corrected chi connectivity index (χ3v) is 4.11. The van der Waals surface area contributed by atoms with Gasteiger partial charge >= 0.3 is 6.18 Å². The molecule has 0 spiro atoms. The van der Waals surface area contributed by atoms with Crippen LogP contribution < -0.4 is 5.32 Å². The van der Waals surface area contributed by atoms with Crippen LogP contribution in [0.1, 0.15) is 21.1 Å². The van der Waals surface area contributed by atoms with Crippen molar-refractivity contribution in [3.63, 3.8) is 0 Å². The van der Waals surface area contributed by atoms with Gasteiger partial charge in [-0.1, -0.05) is 22.9 Å². The molecular formula is C13H7ClF3N3O2S. The number of hydrogen-bond acceptors (Lipinski definition) is 5. The summed E-state index contributed by atoms with van der Waals surface area (Å²) >= 11 is 6.13. The highest BCUT2D eigenvalue weighted by Crippen LogP contribution is 2.33. The molecule has 1 N–H and O–H groups in total. The van der Waals surface area contributed by atoms with E-state index in [0.29, 0.717) is 21.6 Å². The Morgan fingerprint density at radius 3 is 2.74 bits per heavy atom. The first-order valence-electron chi connectivity index (χ1n) is 6.16. The second-order valence-electron chi connectivity index (χ2n) is 4.56. The predicted octanol–water partition coefficient (Wildman–Crippen LogP) is 4.52. The summed E-state index contributed by atoms with van der Waals surface area (Å²) in [6, 6.07) is 4.85. The van der Waals surface area contributed by atoms with E-state index >= 15 is 0 Å². The van der Waals surface area contributed by atoms with Crippen molar-refractivity contribution >= 4 is 44.9 Å². The largest absolute Gasteiger partial charge is 0.451 e. The lowest BCUT2D eigenvalue weighted by molar-refractivity contribution is -0.138. The maximum Gasteiger partial charge on any atom is 0.445 e. The van der Waals surface area contributed by atoms with Crippen molar-refractivity contribution < 1.29 is 22.4 Å². The third kappa shape index (κ3) is 3.02. The molecular weight excluding hydrogens is 355 g/mol. The monoisotopic (exact) mass is 361 g/mol. The zero-order valence-electron chi connectivity index (χ0n) is 11.4. The number of nitrogens with one attached hydrogen (secondary N) is 1. The Balaban J connectivity index is 1.89. The first-order valence-corrected chi connectivity index (χ1v) is 7.36. The van der Waals surface area contributed by atoms with Crippen LogP contribution in [-0.4, -0.2) is 16.1 Å². The van der Waals surface area contributed by atoms with Crippen LogP contribution >= 0.6 is 22.9 Å². The predicted molar refractivity (Wildman–Crippen MR) is 78.8 cm³/mol. The number of fused-ring (bicyclic) bond motifs is 1. The molecule has 0 aliphatic heterocycles. The zero-order valence-corrected chi connectivity index (χ0v) is 12.9. The van der Waals surface area contributed by atoms with Crippen LogP contribution in [0.15, 0.2) is 22.6 Å². The fourth-order valence-electron chi connectivity index (χ4n) is 1.95. The quantitative estimate of drug-likeness (QED) is 0.728. The van der Waals surface area contributed by atoms with E-state index in [1.807, 2.05) is 0 Å². The van der Waals surface area contributed by atoms with Gasteiger partial charge in [-0.05, 0) is 25.1 Å². The Kier molecular flexibility index (Phi) is 3.77. The molecule has 0 unspecified atom stereocenters. The second-order valence-corrected chi connectivity index (χ2v) is 5.97. The Labute approximate surface area is 136 Å². The van der Waals surface area contributed by atoms with Gasteiger partial charge in [-0.25, -0.2) is 0 Å². The van der Waals surface area contributed by atoms with Gasteiger partial charge in [0, 0.05) is 16.0 Å². The average molecular weight is 362 g/mol. The van der Waals surface area contributed by atoms with E-state index in [4.69, 9.17) is 16.0 Å². The van der Waals surface area contributed by atoms with E-state index in [9.17, 15) is 18.0 Å². The van der Waals surface area contributed by atoms with Crippen LogP contribution in [0.5, 0.6) is 0 Å². The minimum absolute atomic E-state index is 0.0222. The number of benzene rings is 1. The van der Waals surface area contributed by atoms with Crippen LogP contribution in [-0.2, 0) is 6.18 Å². The maximum absolute atomic E-state index is 12.5. The smallest absolute Gasteiger partial charge is 0.445 e. The lowest BCUT2D eigenvalue weighted by Crippen LogP contribution is -2.11. The van der Waals surface area contributed by atoms with Gasteiger partial charge in [0.1, 0.15) is 5.58 Å². The Bertz CT molecular complexity index is 904. The Morgan fingerprint density at radius 1 is 1.35 bits per heavy atom. The summed E-state index contributed by atoms with van der Waals surface area (Å²) < 4.78 is 42.8. The molecule has 0 fully saturated rings. The number of rotatable bonds is 2. The van der Waals surface area contributed by atoms with Gasteiger partial charge in [0.25, 0.3) is 5.91 Å². The molecule has 0 aliphatic carbocycles. The van der Waals surface area contributed by atoms with Crippen molar-refractivity contribution in [2.24, 2.45) is 0 Å². The standard InChI is InChI=1S/C13H7ClF3N3O2S/c1-5-7-4-6(14)2-3-8(7)22-9(5)10(21)18-12-20-19-11(23-12)13(15,16)17/h2-4H,1H3,(H,18,20,21). The van der Waals surface area contributed by atoms with Crippen molar-refractivity contribution in [1.29, 1.82) is 0 Å². The van der Waals surface area contributed by atoms with Crippen molar-refractivity contribution in [3.8, 4) is 0 Å². The molecule has 1 amide bonds.